The van der Waals surface area contributed by atoms with Gasteiger partial charge in [-0.05, 0) is 48.9 Å². The van der Waals surface area contributed by atoms with E-state index in [9.17, 15) is 0 Å². The van der Waals surface area contributed by atoms with Gasteiger partial charge in [-0.25, -0.2) is 4.98 Å². The summed E-state index contributed by atoms with van der Waals surface area (Å²) in [6.07, 6.45) is 0.614. The van der Waals surface area contributed by atoms with Gasteiger partial charge >= 0.3 is 0 Å². The molecular formula is C26H23N3O2S. The summed E-state index contributed by atoms with van der Waals surface area (Å²) in [6, 6.07) is 24.4. The molecule has 1 N–H and O–H groups in total. The SMILES string of the molecule is COc1ccc(-c2csc(N/N=C3\C[C@@H](c4ccccc4)Oc4ccc(C)cc43)n2)cc1. The quantitative estimate of drug-likeness (QED) is 0.361. The van der Waals surface area contributed by atoms with Crippen molar-refractivity contribution < 1.29 is 9.47 Å². The van der Waals surface area contributed by atoms with Crippen molar-refractivity contribution in [2.45, 2.75) is 19.4 Å². The molecule has 0 unspecified atom stereocenters. The van der Waals surface area contributed by atoms with E-state index in [0.29, 0.717) is 6.42 Å². The van der Waals surface area contributed by atoms with Crippen LogP contribution in [-0.4, -0.2) is 17.8 Å². The van der Waals surface area contributed by atoms with Crippen molar-refractivity contribution in [2.75, 3.05) is 12.5 Å². The molecule has 160 valence electrons. The number of hydrogen-bond donors (Lipinski definition) is 1. The fourth-order valence-electron chi connectivity index (χ4n) is 3.75. The number of hydrogen-bond acceptors (Lipinski definition) is 6. The second kappa shape index (κ2) is 8.85. The number of rotatable bonds is 5. The molecule has 0 spiro atoms. The highest BCUT2D eigenvalue weighted by Gasteiger charge is 2.26. The second-order valence-electron chi connectivity index (χ2n) is 7.66. The van der Waals surface area contributed by atoms with Crippen LogP contribution in [-0.2, 0) is 0 Å². The molecule has 2 heterocycles. The lowest BCUT2D eigenvalue weighted by molar-refractivity contribution is 0.206. The maximum atomic E-state index is 6.30. The summed E-state index contributed by atoms with van der Waals surface area (Å²) >= 11 is 1.53. The van der Waals surface area contributed by atoms with Crippen LogP contribution in [0.3, 0.4) is 0 Å². The lowest BCUT2D eigenvalue weighted by Gasteiger charge is -2.27. The minimum Gasteiger partial charge on any atom is -0.497 e. The molecule has 4 aromatic rings. The van der Waals surface area contributed by atoms with Crippen LogP contribution in [0.1, 0.15) is 29.2 Å². The number of aromatic nitrogens is 1. The molecule has 1 atom stereocenters. The van der Waals surface area contributed by atoms with Gasteiger partial charge in [-0.15, -0.1) is 11.3 Å². The molecule has 32 heavy (non-hydrogen) atoms. The number of benzene rings is 3. The minimum absolute atomic E-state index is 0.0712. The number of aryl methyl sites for hydroxylation is 1. The normalized spacial score (nSPS) is 16.3. The van der Waals surface area contributed by atoms with E-state index >= 15 is 0 Å². The smallest absolute Gasteiger partial charge is 0.203 e. The number of fused-ring (bicyclic) bond motifs is 1. The lowest BCUT2D eigenvalue weighted by Crippen LogP contribution is -2.22. The van der Waals surface area contributed by atoms with Crippen LogP contribution in [0.2, 0.25) is 0 Å². The molecule has 5 rings (SSSR count). The van der Waals surface area contributed by atoms with Crippen LogP contribution in [0.4, 0.5) is 5.13 Å². The first-order chi connectivity index (χ1) is 15.7. The number of methoxy groups -OCH3 is 1. The average Bonchev–Trinajstić information content (AvgIpc) is 3.32. The maximum Gasteiger partial charge on any atom is 0.203 e. The van der Waals surface area contributed by atoms with Crippen LogP contribution in [0.25, 0.3) is 11.3 Å². The Labute approximate surface area is 191 Å². The van der Waals surface area contributed by atoms with E-state index in [1.165, 1.54) is 16.9 Å². The third-order valence-corrected chi connectivity index (χ3v) is 6.19. The van der Waals surface area contributed by atoms with Crippen LogP contribution in [0.15, 0.2) is 83.3 Å². The van der Waals surface area contributed by atoms with E-state index in [0.717, 1.165) is 44.7 Å². The molecular weight excluding hydrogens is 418 g/mol. The van der Waals surface area contributed by atoms with E-state index in [-0.39, 0.29) is 6.10 Å². The van der Waals surface area contributed by atoms with Crippen LogP contribution in [0, 0.1) is 6.92 Å². The van der Waals surface area contributed by atoms with Gasteiger partial charge in [-0.2, -0.15) is 5.10 Å². The number of anilines is 1. The number of hydrazone groups is 1. The summed E-state index contributed by atoms with van der Waals surface area (Å²) in [5, 5.41) is 7.54. The van der Waals surface area contributed by atoms with Gasteiger partial charge in [0.1, 0.15) is 17.6 Å². The molecule has 0 saturated carbocycles. The fourth-order valence-corrected chi connectivity index (χ4v) is 4.41. The zero-order chi connectivity index (χ0) is 21.9. The second-order valence-corrected chi connectivity index (χ2v) is 8.52. The van der Waals surface area contributed by atoms with Crippen molar-refractivity contribution in [2.24, 2.45) is 5.10 Å². The van der Waals surface area contributed by atoms with Crippen molar-refractivity contribution in [3.05, 3.63) is 94.9 Å². The van der Waals surface area contributed by atoms with Crippen molar-refractivity contribution in [3.8, 4) is 22.8 Å². The molecule has 1 aliphatic heterocycles. The predicted molar refractivity (Wildman–Crippen MR) is 130 cm³/mol. The standard InChI is InChI=1S/C26H23N3O2S/c1-17-8-13-24-21(14-17)22(15-25(31-24)19-6-4-3-5-7-19)28-29-26-27-23(16-32-26)18-9-11-20(30-2)12-10-18/h3-14,16,25H,15H2,1-2H3,(H,27,29)/b28-22+/t25-/m0/s1. The Hall–Kier alpha value is -3.64. The van der Waals surface area contributed by atoms with E-state index < -0.39 is 0 Å². The molecule has 3 aromatic carbocycles. The average molecular weight is 442 g/mol. The van der Waals surface area contributed by atoms with Crippen LogP contribution >= 0.6 is 11.3 Å². The Bertz CT molecular complexity index is 1250. The highest BCUT2D eigenvalue weighted by Crippen LogP contribution is 2.36. The summed E-state index contributed by atoms with van der Waals surface area (Å²) in [5.74, 6) is 1.68. The Morgan fingerprint density at radius 1 is 1.06 bits per heavy atom. The van der Waals surface area contributed by atoms with Gasteiger partial charge in [0.05, 0.1) is 18.5 Å². The number of ether oxygens (including phenoxy) is 2. The Morgan fingerprint density at radius 3 is 2.66 bits per heavy atom. The highest BCUT2D eigenvalue weighted by atomic mass is 32.1. The zero-order valence-electron chi connectivity index (χ0n) is 17.9. The van der Waals surface area contributed by atoms with Gasteiger partial charge in [0.15, 0.2) is 0 Å². The van der Waals surface area contributed by atoms with Crippen LogP contribution in [0.5, 0.6) is 11.5 Å². The highest BCUT2D eigenvalue weighted by molar-refractivity contribution is 7.14. The lowest BCUT2D eigenvalue weighted by atomic mass is 9.94. The Kier molecular flexibility index (Phi) is 5.60. The number of thiazole rings is 1. The maximum absolute atomic E-state index is 6.30. The third kappa shape index (κ3) is 4.22. The molecule has 0 saturated heterocycles. The fraction of sp³-hybridized carbons (Fsp3) is 0.154. The summed E-state index contributed by atoms with van der Waals surface area (Å²) in [5.41, 5.74) is 9.43. The van der Waals surface area contributed by atoms with Crippen molar-refractivity contribution in [1.29, 1.82) is 0 Å². The summed E-state index contributed by atoms with van der Waals surface area (Å²) in [4.78, 5) is 4.70. The van der Waals surface area contributed by atoms with Crippen molar-refractivity contribution >= 4 is 22.2 Å². The Morgan fingerprint density at radius 2 is 1.88 bits per heavy atom. The van der Waals surface area contributed by atoms with Gasteiger partial charge in [0.25, 0.3) is 0 Å². The molecule has 1 aromatic heterocycles. The molecule has 1 aliphatic rings. The molecule has 0 bridgehead atoms. The molecule has 0 fully saturated rings. The summed E-state index contributed by atoms with van der Waals surface area (Å²) in [6.45, 7) is 2.08. The van der Waals surface area contributed by atoms with E-state index in [2.05, 4.69) is 36.6 Å². The first-order valence-corrected chi connectivity index (χ1v) is 11.3. The predicted octanol–water partition coefficient (Wildman–Crippen LogP) is 6.47. The zero-order valence-corrected chi connectivity index (χ0v) is 18.7. The number of nitrogens with one attached hydrogen (secondary N) is 1. The third-order valence-electron chi connectivity index (χ3n) is 5.44. The van der Waals surface area contributed by atoms with Gasteiger partial charge in [-0.3, -0.25) is 5.43 Å². The largest absolute Gasteiger partial charge is 0.497 e. The van der Waals surface area contributed by atoms with Crippen molar-refractivity contribution in [3.63, 3.8) is 0 Å². The first-order valence-electron chi connectivity index (χ1n) is 10.4. The van der Waals surface area contributed by atoms with E-state index in [4.69, 9.17) is 19.6 Å². The Balaban J connectivity index is 1.41. The minimum atomic E-state index is -0.0712. The summed E-state index contributed by atoms with van der Waals surface area (Å²) in [7, 11) is 1.66. The first kappa shape index (κ1) is 20.3. The topological polar surface area (TPSA) is 55.7 Å². The van der Waals surface area contributed by atoms with E-state index in [1.54, 1.807) is 7.11 Å². The summed E-state index contributed by atoms with van der Waals surface area (Å²) < 4.78 is 11.5. The molecule has 0 amide bonds. The number of nitrogens with zero attached hydrogens (tertiary/aromatic N) is 2. The van der Waals surface area contributed by atoms with Gasteiger partial charge in [0.2, 0.25) is 5.13 Å². The van der Waals surface area contributed by atoms with Gasteiger partial charge in [-0.1, -0.05) is 42.0 Å². The molecule has 0 radical (unpaired) electrons. The van der Waals surface area contributed by atoms with E-state index in [1.807, 2.05) is 53.9 Å². The molecule has 0 aliphatic carbocycles. The molecule has 5 nitrogen and oxygen atoms in total. The monoisotopic (exact) mass is 441 g/mol. The van der Waals surface area contributed by atoms with Crippen LogP contribution < -0.4 is 14.9 Å². The van der Waals surface area contributed by atoms with Crippen molar-refractivity contribution in [1.82, 2.24) is 4.98 Å². The van der Waals surface area contributed by atoms with Gasteiger partial charge < -0.3 is 9.47 Å². The van der Waals surface area contributed by atoms with Gasteiger partial charge in [0, 0.05) is 22.9 Å². The molecule has 6 heteroatoms.